The van der Waals surface area contributed by atoms with Crippen molar-refractivity contribution in [3.05, 3.63) is 84.9 Å². The number of halogens is 1. The van der Waals surface area contributed by atoms with Crippen LogP contribution in [0.2, 0.25) is 0 Å². The molecule has 4 aliphatic rings. The number of nitrogens with zero attached hydrogens (tertiary/aromatic N) is 5. The summed E-state index contributed by atoms with van der Waals surface area (Å²) in [6.07, 6.45) is 16.1. The monoisotopic (exact) mass is 523 g/mol. The Labute approximate surface area is 227 Å². The molecule has 3 aromatic heterocycles. The molecular weight excluding hydrogens is 489 g/mol. The van der Waals surface area contributed by atoms with Gasteiger partial charge in [0.15, 0.2) is 5.82 Å². The van der Waals surface area contributed by atoms with Crippen molar-refractivity contribution in [3.63, 3.8) is 0 Å². The summed E-state index contributed by atoms with van der Waals surface area (Å²) in [5, 5.41) is 9.53. The molecule has 1 aliphatic heterocycles. The summed E-state index contributed by atoms with van der Waals surface area (Å²) in [5.74, 6) is 0.653. The highest BCUT2D eigenvalue weighted by Crippen LogP contribution is 2.70. The van der Waals surface area contributed by atoms with Crippen molar-refractivity contribution < 1.29 is 4.39 Å². The van der Waals surface area contributed by atoms with Crippen LogP contribution in [0.4, 0.5) is 10.1 Å². The maximum absolute atomic E-state index is 13.9. The van der Waals surface area contributed by atoms with Gasteiger partial charge in [-0.1, -0.05) is 38.1 Å². The Morgan fingerprint density at radius 1 is 1.08 bits per heavy atom. The first kappa shape index (κ1) is 24.3. The Balaban J connectivity index is 1.01. The molecule has 39 heavy (non-hydrogen) atoms. The van der Waals surface area contributed by atoms with Gasteiger partial charge >= 0.3 is 0 Å². The largest absolute Gasteiger partial charge is 0.357 e. The van der Waals surface area contributed by atoms with Crippen LogP contribution in [0.3, 0.4) is 0 Å². The third-order valence-electron chi connectivity index (χ3n) is 8.76. The Bertz CT molecular complexity index is 1570. The van der Waals surface area contributed by atoms with Crippen LogP contribution in [0.15, 0.2) is 73.6 Å². The lowest BCUT2D eigenvalue weighted by atomic mass is 9.40. The first-order valence-electron chi connectivity index (χ1n) is 13.7. The fourth-order valence-corrected chi connectivity index (χ4v) is 6.31. The molecule has 4 heterocycles. The second-order valence-corrected chi connectivity index (χ2v) is 12.4. The minimum atomic E-state index is -0.848. The number of nitrogens with one attached hydrogen (secondary N) is 2. The number of rotatable bonds is 8. The second-order valence-electron chi connectivity index (χ2n) is 12.4. The van der Waals surface area contributed by atoms with Crippen LogP contribution < -0.4 is 10.2 Å². The molecule has 8 rings (SSSR count). The van der Waals surface area contributed by atoms with E-state index in [0.29, 0.717) is 18.4 Å². The number of H-pyrrole nitrogens is 1. The van der Waals surface area contributed by atoms with Gasteiger partial charge in [0.1, 0.15) is 12.0 Å². The average Bonchev–Trinajstić information content (AvgIpc) is 3.51. The van der Waals surface area contributed by atoms with E-state index >= 15 is 0 Å². The topological polar surface area (TPSA) is 74.7 Å². The van der Waals surface area contributed by atoms with Gasteiger partial charge in [-0.3, -0.25) is 4.98 Å². The highest BCUT2D eigenvalue weighted by molar-refractivity contribution is 5.81. The minimum absolute atomic E-state index is 0.0544. The van der Waals surface area contributed by atoms with Gasteiger partial charge in [0.25, 0.3) is 0 Å². The van der Waals surface area contributed by atoms with E-state index in [0.717, 1.165) is 53.8 Å². The second kappa shape index (κ2) is 8.61. The predicted molar refractivity (Wildman–Crippen MR) is 152 cm³/mol. The minimum Gasteiger partial charge on any atom is -0.357 e. The van der Waals surface area contributed by atoms with Crippen molar-refractivity contribution in [2.75, 3.05) is 4.90 Å². The number of fused-ring (bicyclic) bond motifs is 1. The lowest BCUT2D eigenvalue weighted by Gasteiger charge is -2.68. The highest BCUT2D eigenvalue weighted by atomic mass is 19.1. The number of alkyl halides is 1. The quantitative estimate of drug-likeness (QED) is 0.291. The van der Waals surface area contributed by atoms with Gasteiger partial charge in [-0.2, -0.15) is 5.10 Å². The van der Waals surface area contributed by atoms with E-state index in [-0.39, 0.29) is 10.8 Å². The molecule has 4 aromatic rings. The molecule has 200 valence electrons. The number of pyridine rings is 1. The van der Waals surface area contributed by atoms with E-state index < -0.39 is 5.67 Å². The molecule has 2 bridgehead atoms. The van der Waals surface area contributed by atoms with Crippen LogP contribution in [0.25, 0.3) is 22.3 Å². The summed E-state index contributed by atoms with van der Waals surface area (Å²) in [7, 11) is 0. The van der Waals surface area contributed by atoms with Crippen LogP contribution in [0.5, 0.6) is 0 Å². The lowest BCUT2D eigenvalue weighted by Crippen LogP contribution is -2.70. The Hall–Kier alpha value is -3.78. The number of allylic oxidation sites excluding steroid dienone is 2. The summed E-state index contributed by atoms with van der Waals surface area (Å²) in [6, 6.07) is 11.0. The molecule has 7 nitrogen and oxygen atoms in total. The first-order chi connectivity index (χ1) is 18.7. The van der Waals surface area contributed by atoms with Crippen molar-refractivity contribution >= 4 is 16.6 Å². The number of anilines is 1. The zero-order valence-corrected chi connectivity index (χ0v) is 22.7. The summed E-state index contributed by atoms with van der Waals surface area (Å²) >= 11 is 0. The molecule has 2 N–H and O–H groups in total. The molecule has 0 saturated heterocycles. The number of benzene rings is 1. The molecule has 0 radical (unpaired) electrons. The van der Waals surface area contributed by atoms with E-state index in [1.807, 2.05) is 10.9 Å². The normalized spacial score (nSPS) is 25.5. The number of aromatic nitrogens is 5. The van der Waals surface area contributed by atoms with Crippen molar-refractivity contribution in [3.8, 4) is 11.4 Å². The molecule has 3 saturated carbocycles. The van der Waals surface area contributed by atoms with Gasteiger partial charge < -0.3 is 15.2 Å². The van der Waals surface area contributed by atoms with Crippen molar-refractivity contribution in [1.29, 1.82) is 0 Å². The number of hydrogen-bond acceptors (Lipinski definition) is 5. The van der Waals surface area contributed by atoms with E-state index in [9.17, 15) is 4.39 Å². The molecule has 3 fully saturated rings. The van der Waals surface area contributed by atoms with Gasteiger partial charge in [-0.25, -0.2) is 14.1 Å². The Morgan fingerprint density at radius 2 is 1.87 bits per heavy atom. The molecule has 8 heteroatoms. The molecule has 1 atom stereocenters. The van der Waals surface area contributed by atoms with E-state index in [1.165, 1.54) is 5.39 Å². The summed E-state index contributed by atoms with van der Waals surface area (Å²) in [5.41, 5.74) is 4.64. The lowest BCUT2D eigenvalue weighted by molar-refractivity contribution is -0.226. The van der Waals surface area contributed by atoms with Gasteiger partial charge in [0.2, 0.25) is 0 Å². The van der Waals surface area contributed by atoms with Crippen molar-refractivity contribution in [2.24, 2.45) is 10.8 Å². The fraction of sp³-hybridized carbons (Fsp3) is 0.387. The number of aromatic amines is 1. The van der Waals surface area contributed by atoms with Gasteiger partial charge in [0.05, 0.1) is 18.4 Å². The van der Waals surface area contributed by atoms with E-state index in [1.54, 1.807) is 12.5 Å². The SMILES string of the molecule is CC(NCc1cc2ccc(Cn3cnc(-c4cncc(N5C=CC(C)(C)C=C5)c4)n3)cc2[nH]1)C12CC(F)(C1)C2. The van der Waals surface area contributed by atoms with Gasteiger partial charge in [-0.15, -0.1) is 0 Å². The summed E-state index contributed by atoms with van der Waals surface area (Å²) < 4.78 is 15.8. The fourth-order valence-electron chi connectivity index (χ4n) is 6.31. The maximum atomic E-state index is 13.9. The van der Waals surface area contributed by atoms with Gasteiger partial charge in [-0.05, 0) is 60.7 Å². The average molecular weight is 524 g/mol. The standard InChI is InChI=1S/C31H34FN7/c1-21(30-17-31(32,18-30)19-30)34-14-25-11-23-5-4-22(10-27(23)36-25)16-39-20-35-28(37-39)24-12-26(15-33-13-24)38-8-6-29(2,3)7-9-38/h4-13,15,20-21,34,36H,14,16-19H2,1-3H3. The van der Waals surface area contributed by atoms with E-state index in [2.05, 4.69) is 101 Å². The van der Waals surface area contributed by atoms with Crippen molar-refractivity contribution in [1.82, 2.24) is 30.0 Å². The van der Waals surface area contributed by atoms with Crippen LogP contribution in [0.1, 0.15) is 51.3 Å². The maximum Gasteiger partial charge on any atom is 0.182 e. The van der Waals surface area contributed by atoms with Crippen LogP contribution in [0, 0.1) is 10.8 Å². The molecule has 3 aliphatic carbocycles. The molecule has 0 spiro atoms. The third-order valence-corrected chi connectivity index (χ3v) is 8.76. The van der Waals surface area contributed by atoms with Crippen molar-refractivity contribution in [2.45, 2.75) is 64.8 Å². The smallest absolute Gasteiger partial charge is 0.182 e. The highest BCUT2D eigenvalue weighted by Gasteiger charge is 2.70. The predicted octanol–water partition coefficient (Wildman–Crippen LogP) is 6.11. The molecule has 1 unspecified atom stereocenters. The Kier molecular flexibility index (Phi) is 5.36. The summed E-state index contributed by atoms with van der Waals surface area (Å²) in [4.78, 5) is 14.6. The van der Waals surface area contributed by atoms with Gasteiger partial charge in [0, 0.05) is 53.4 Å². The number of hydrogen-bond donors (Lipinski definition) is 2. The van der Waals surface area contributed by atoms with Crippen LogP contribution >= 0.6 is 0 Å². The Morgan fingerprint density at radius 3 is 2.64 bits per heavy atom. The zero-order chi connectivity index (χ0) is 26.8. The molecular formula is C31H34FN7. The first-order valence-corrected chi connectivity index (χ1v) is 13.7. The van der Waals surface area contributed by atoms with E-state index in [4.69, 9.17) is 5.10 Å². The third kappa shape index (κ3) is 4.46. The van der Waals surface area contributed by atoms with Crippen LogP contribution in [-0.2, 0) is 13.1 Å². The molecule has 1 aromatic carbocycles. The summed E-state index contributed by atoms with van der Waals surface area (Å²) in [6.45, 7) is 7.93. The molecule has 0 amide bonds. The van der Waals surface area contributed by atoms with Crippen LogP contribution in [-0.4, -0.2) is 36.4 Å². The zero-order valence-electron chi connectivity index (χ0n) is 22.7.